The average molecular weight is 294 g/mol. The zero-order chi connectivity index (χ0) is 15.7. The Balaban J connectivity index is 2.73. The molecule has 5 heteroatoms. The van der Waals surface area contributed by atoms with Crippen molar-refractivity contribution in [2.45, 2.75) is 39.8 Å². The second-order valence-corrected chi connectivity index (χ2v) is 4.89. The maximum Gasteiger partial charge on any atom is 0.258 e. The van der Waals surface area contributed by atoms with Gasteiger partial charge in [-0.3, -0.25) is 4.79 Å². The molecule has 0 aliphatic heterocycles. The van der Waals surface area contributed by atoms with E-state index in [-0.39, 0.29) is 18.6 Å². The van der Waals surface area contributed by atoms with E-state index >= 15 is 0 Å². The number of hydrogen-bond donors (Lipinski definition) is 2. The molecular formula is C16H26N2O3. The van der Waals surface area contributed by atoms with Gasteiger partial charge < -0.3 is 20.1 Å². The number of carbonyl (C=O) groups is 1. The molecule has 1 aromatic carbocycles. The SMILES string of the molecule is CCNCc1cccc(OC)c1OCC(=O)NC(C)CC. The van der Waals surface area contributed by atoms with Gasteiger partial charge in [-0.2, -0.15) is 0 Å². The number of amides is 1. The molecule has 0 heterocycles. The van der Waals surface area contributed by atoms with Gasteiger partial charge in [0.1, 0.15) is 0 Å². The minimum Gasteiger partial charge on any atom is -0.493 e. The van der Waals surface area contributed by atoms with Gasteiger partial charge in [0.2, 0.25) is 0 Å². The molecule has 1 unspecified atom stereocenters. The van der Waals surface area contributed by atoms with Crippen LogP contribution in [-0.2, 0) is 11.3 Å². The molecule has 21 heavy (non-hydrogen) atoms. The molecule has 1 amide bonds. The molecule has 5 nitrogen and oxygen atoms in total. The highest BCUT2D eigenvalue weighted by Gasteiger charge is 2.13. The van der Waals surface area contributed by atoms with Crippen LogP contribution in [0.25, 0.3) is 0 Å². The van der Waals surface area contributed by atoms with Crippen molar-refractivity contribution in [3.05, 3.63) is 23.8 Å². The largest absolute Gasteiger partial charge is 0.493 e. The Hall–Kier alpha value is -1.75. The van der Waals surface area contributed by atoms with E-state index in [4.69, 9.17) is 9.47 Å². The normalized spacial score (nSPS) is 11.8. The molecule has 0 spiro atoms. The van der Waals surface area contributed by atoms with E-state index in [0.29, 0.717) is 18.0 Å². The average Bonchev–Trinajstić information content (AvgIpc) is 2.50. The highest BCUT2D eigenvalue weighted by atomic mass is 16.5. The number of rotatable bonds is 9. The summed E-state index contributed by atoms with van der Waals surface area (Å²) in [6.45, 7) is 7.57. The van der Waals surface area contributed by atoms with Crippen molar-refractivity contribution in [3.63, 3.8) is 0 Å². The van der Waals surface area contributed by atoms with E-state index in [9.17, 15) is 4.79 Å². The second-order valence-electron chi connectivity index (χ2n) is 4.89. The van der Waals surface area contributed by atoms with Crippen molar-refractivity contribution in [1.29, 1.82) is 0 Å². The van der Waals surface area contributed by atoms with E-state index in [1.54, 1.807) is 7.11 Å². The molecule has 0 aromatic heterocycles. The highest BCUT2D eigenvalue weighted by Crippen LogP contribution is 2.30. The Labute approximate surface area is 127 Å². The number of para-hydroxylation sites is 1. The van der Waals surface area contributed by atoms with Crippen LogP contribution in [-0.4, -0.2) is 32.2 Å². The number of hydrogen-bond acceptors (Lipinski definition) is 4. The number of carbonyl (C=O) groups excluding carboxylic acids is 1. The Kier molecular flexibility index (Phi) is 7.61. The molecule has 1 atom stereocenters. The van der Waals surface area contributed by atoms with E-state index in [2.05, 4.69) is 10.6 Å². The van der Waals surface area contributed by atoms with E-state index in [0.717, 1.165) is 18.5 Å². The topological polar surface area (TPSA) is 59.6 Å². The summed E-state index contributed by atoms with van der Waals surface area (Å²) in [7, 11) is 1.60. The van der Waals surface area contributed by atoms with Crippen LogP contribution < -0.4 is 20.1 Å². The summed E-state index contributed by atoms with van der Waals surface area (Å²) < 4.78 is 11.0. The fraction of sp³-hybridized carbons (Fsp3) is 0.562. The molecule has 0 saturated heterocycles. The number of ether oxygens (including phenoxy) is 2. The molecule has 118 valence electrons. The molecule has 1 rings (SSSR count). The summed E-state index contributed by atoms with van der Waals surface area (Å²) in [5, 5.41) is 6.13. The molecule has 0 radical (unpaired) electrons. The smallest absolute Gasteiger partial charge is 0.258 e. The van der Waals surface area contributed by atoms with Crippen molar-refractivity contribution in [2.75, 3.05) is 20.3 Å². The minimum absolute atomic E-state index is 0.0101. The van der Waals surface area contributed by atoms with Crippen molar-refractivity contribution >= 4 is 5.91 Å². The van der Waals surface area contributed by atoms with E-state index in [1.807, 2.05) is 39.0 Å². The fourth-order valence-corrected chi connectivity index (χ4v) is 1.84. The lowest BCUT2D eigenvalue weighted by atomic mass is 10.2. The lowest BCUT2D eigenvalue weighted by Crippen LogP contribution is -2.35. The molecule has 1 aromatic rings. The Bertz CT molecular complexity index is 449. The monoisotopic (exact) mass is 294 g/mol. The first-order valence-electron chi connectivity index (χ1n) is 7.41. The zero-order valence-corrected chi connectivity index (χ0v) is 13.4. The predicted octanol–water partition coefficient (Wildman–Crippen LogP) is 2.10. The first kappa shape index (κ1) is 17.3. The molecular weight excluding hydrogens is 268 g/mol. The Morgan fingerprint density at radius 2 is 2.10 bits per heavy atom. The van der Waals surface area contributed by atoms with Gasteiger partial charge in [-0.1, -0.05) is 26.0 Å². The van der Waals surface area contributed by atoms with Crippen molar-refractivity contribution in [3.8, 4) is 11.5 Å². The van der Waals surface area contributed by atoms with Crippen molar-refractivity contribution < 1.29 is 14.3 Å². The van der Waals surface area contributed by atoms with E-state index < -0.39 is 0 Å². The van der Waals surface area contributed by atoms with Gasteiger partial charge >= 0.3 is 0 Å². The van der Waals surface area contributed by atoms with Crippen LogP contribution in [0.15, 0.2) is 18.2 Å². The summed E-state index contributed by atoms with van der Waals surface area (Å²) >= 11 is 0. The third-order valence-corrected chi connectivity index (χ3v) is 3.21. The molecule has 0 bridgehead atoms. The third kappa shape index (κ3) is 5.63. The molecule has 2 N–H and O–H groups in total. The summed E-state index contributed by atoms with van der Waals surface area (Å²) in [6.07, 6.45) is 0.895. The summed E-state index contributed by atoms with van der Waals surface area (Å²) in [6, 6.07) is 5.86. The molecule has 0 aliphatic rings. The van der Waals surface area contributed by atoms with Crippen LogP contribution >= 0.6 is 0 Å². The third-order valence-electron chi connectivity index (χ3n) is 3.21. The van der Waals surface area contributed by atoms with Crippen LogP contribution in [0.5, 0.6) is 11.5 Å². The molecule has 0 aliphatic carbocycles. The second kappa shape index (κ2) is 9.23. The maximum atomic E-state index is 11.8. The van der Waals surface area contributed by atoms with Gasteiger partial charge in [-0.25, -0.2) is 0 Å². The number of methoxy groups -OCH3 is 1. The van der Waals surface area contributed by atoms with Gasteiger partial charge in [-0.05, 0) is 26.0 Å². The summed E-state index contributed by atoms with van der Waals surface area (Å²) in [4.78, 5) is 11.8. The maximum absolute atomic E-state index is 11.8. The van der Waals surface area contributed by atoms with E-state index in [1.165, 1.54) is 0 Å². The number of benzene rings is 1. The molecule has 0 fully saturated rings. The zero-order valence-electron chi connectivity index (χ0n) is 13.4. The van der Waals surface area contributed by atoms with Crippen LogP contribution in [0.3, 0.4) is 0 Å². The highest BCUT2D eigenvalue weighted by molar-refractivity contribution is 5.78. The molecule has 0 saturated carbocycles. The van der Waals surface area contributed by atoms with Crippen LogP contribution in [0.4, 0.5) is 0 Å². The minimum atomic E-state index is -0.121. The van der Waals surface area contributed by atoms with Crippen LogP contribution in [0.1, 0.15) is 32.8 Å². The van der Waals surface area contributed by atoms with Gasteiger partial charge in [0, 0.05) is 18.2 Å². The summed E-state index contributed by atoms with van der Waals surface area (Å²) in [5.74, 6) is 1.15. The first-order chi connectivity index (χ1) is 10.1. The van der Waals surface area contributed by atoms with Gasteiger partial charge in [0.15, 0.2) is 18.1 Å². The van der Waals surface area contributed by atoms with Gasteiger partial charge in [0.05, 0.1) is 7.11 Å². The standard InChI is InChI=1S/C16H26N2O3/c1-5-12(3)18-15(19)11-21-16-13(10-17-6-2)8-7-9-14(16)20-4/h7-9,12,17H,5-6,10-11H2,1-4H3,(H,18,19). The van der Waals surface area contributed by atoms with Crippen LogP contribution in [0.2, 0.25) is 0 Å². The first-order valence-corrected chi connectivity index (χ1v) is 7.41. The number of nitrogens with one attached hydrogen (secondary N) is 2. The van der Waals surface area contributed by atoms with Crippen LogP contribution in [0, 0.1) is 0 Å². The Morgan fingerprint density at radius 3 is 2.71 bits per heavy atom. The lowest BCUT2D eigenvalue weighted by molar-refractivity contribution is -0.123. The predicted molar refractivity (Wildman–Crippen MR) is 83.8 cm³/mol. The fourth-order valence-electron chi connectivity index (χ4n) is 1.84. The lowest BCUT2D eigenvalue weighted by Gasteiger charge is -2.16. The van der Waals surface area contributed by atoms with Gasteiger partial charge in [0.25, 0.3) is 5.91 Å². The Morgan fingerprint density at radius 1 is 1.33 bits per heavy atom. The summed E-state index contributed by atoms with van der Waals surface area (Å²) in [5.41, 5.74) is 0.979. The van der Waals surface area contributed by atoms with Crippen molar-refractivity contribution in [1.82, 2.24) is 10.6 Å². The van der Waals surface area contributed by atoms with Gasteiger partial charge in [-0.15, -0.1) is 0 Å². The van der Waals surface area contributed by atoms with Crippen molar-refractivity contribution in [2.24, 2.45) is 0 Å². The quantitative estimate of drug-likeness (QED) is 0.732.